The van der Waals surface area contributed by atoms with E-state index in [1.165, 1.54) is 11.8 Å². The average Bonchev–Trinajstić information content (AvgIpc) is 2.23. The van der Waals surface area contributed by atoms with Crippen LogP contribution in [0.3, 0.4) is 0 Å². The second kappa shape index (κ2) is 3.64. The van der Waals surface area contributed by atoms with Gasteiger partial charge in [0.25, 0.3) is 0 Å². The first-order valence-electron chi connectivity index (χ1n) is 4.81. The largest absolute Gasteiger partial charge is 0.490 e. The lowest BCUT2D eigenvalue weighted by atomic mass is 9.81. The van der Waals surface area contributed by atoms with Gasteiger partial charge in [-0.3, -0.25) is 4.98 Å². The number of aryl methyl sites for hydroxylation is 2. The molecule has 0 bridgehead atoms. The molecule has 0 saturated carbocycles. The minimum absolute atomic E-state index is 0.422. The highest BCUT2D eigenvalue weighted by atomic mass is 16.4. The van der Waals surface area contributed by atoms with Gasteiger partial charge in [0.15, 0.2) is 0 Å². The highest BCUT2D eigenvalue weighted by Gasteiger charge is 2.12. The molecule has 0 radical (unpaired) electrons. The van der Waals surface area contributed by atoms with Crippen molar-refractivity contribution in [1.29, 1.82) is 0 Å². The van der Waals surface area contributed by atoms with Gasteiger partial charge in [-0.1, -0.05) is 18.2 Å². The maximum absolute atomic E-state index is 9.02. The minimum atomic E-state index is -1.46. The van der Waals surface area contributed by atoms with Crippen molar-refractivity contribution in [3.8, 4) is 0 Å². The molecule has 0 saturated heterocycles. The fraction of sp³-hybridized carbons (Fsp3) is 0.182. The molecule has 2 rings (SSSR count). The van der Waals surface area contributed by atoms with Gasteiger partial charge in [0, 0.05) is 17.0 Å². The molecule has 0 atom stereocenters. The molecule has 1 aromatic heterocycles. The molecule has 2 N–H and O–H groups in total. The highest BCUT2D eigenvalue weighted by Crippen LogP contribution is 2.17. The molecule has 0 unspecified atom stereocenters. The predicted octanol–water partition coefficient (Wildman–Crippen LogP) is 0.531. The van der Waals surface area contributed by atoms with Gasteiger partial charge in [-0.05, 0) is 25.0 Å². The Kier molecular flexibility index (Phi) is 2.46. The molecule has 0 amide bonds. The number of nitrogens with zero attached hydrogens (tertiary/aromatic N) is 1. The zero-order chi connectivity index (χ0) is 11.0. The Hall–Kier alpha value is -1.39. The smallest absolute Gasteiger partial charge is 0.423 e. The third-order valence-corrected chi connectivity index (χ3v) is 2.70. The van der Waals surface area contributed by atoms with E-state index < -0.39 is 7.12 Å². The Bertz CT molecular complexity index is 511. The topological polar surface area (TPSA) is 53.4 Å². The van der Waals surface area contributed by atoms with Crippen molar-refractivity contribution < 1.29 is 10.0 Å². The normalized spacial score (nSPS) is 10.7. The molecule has 0 aliphatic rings. The third kappa shape index (κ3) is 1.74. The molecule has 0 spiro atoms. The molecule has 1 heterocycles. The molecule has 0 aliphatic heterocycles. The second-order valence-electron chi connectivity index (χ2n) is 3.72. The molecule has 76 valence electrons. The van der Waals surface area contributed by atoms with Crippen molar-refractivity contribution in [2.75, 3.05) is 0 Å². The summed E-state index contributed by atoms with van der Waals surface area (Å²) in [6.45, 7) is 4.05. The fourth-order valence-electron chi connectivity index (χ4n) is 1.61. The van der Waals surface area contributed by atoms with Crippen molar-refractivity contribution >= 4 is 23.5 Å². The van der Waals surface area contributed by atoms with Gasteiger partial charge in [-0.15, -0.1) is 0 Å². The van der Waals surface area contributed by atoms with E-state index in [0.29, 0.717) is 5.46 Å². The number of hydrogen-bond donors (Lipinski definition) is 2. The number of rotatable bonds is 1. The number of benzene rings is 1. The van der Waals surface area contributed by atoms with E-state index >= 15 is 0 Å². The molecule has 0 fully saturated rings. The van der Waals surface area contributed by atoms with Crippen LogP contribution in [0.15, 0.2) is 24.4 Å². The first-order valence-corrected chi connectivity index (χ1v) is 4.81. The fourth-order valence-corrected chi connectivity index (χ4v) is 1.61. The SMILES string of the molecule is Cc1ccc2cc(B(O)O)cnc2c1C. The quantitative estimate of drug-likeness (QED) is 0.661. The standard InChI is InChI=1S/C11H12BNO2/c1-7-3-4-9-5-10(12(14)15)6-13-11(9)8(7)2/h3-6,14-15H,1-2H3. The number of fused-ring (bicyclic) bond motifs is 1. The Balaban J connectivity index is 2.70. The summed E-state index contributed by atoms with van der Waals surface area (Å²) in [6.07, 6.45) is 1.50. The Labute approximate surface area is 88.5 Å². The van der Waals surface area contributed by atoms with E-state index in [1.807, 2.05) is 26.0 Å². The van der Waals surface area contributed by atoms with Crippen LogP contribution in [0, 0.1) is 13.8 Å². The van der Waals surface area contributed by atoms with E-state index in [2.05, 4.69) is 4.98 Å². The van der Waals surface area contributed by atoms with E-state index in [4.69, 9.17) is 10.0 Å². The van der Waals surface area contributed by atoms with Crippen molar-refractivity contribution in [3.63, 3.8) is 0 Å². The van der Waals surface area contributed by atoms with Crippen molar-refractivity contribution in [2.45, 2.75) is 13.8 Å². The minimum Gasteiger partial charge on any atom is -0.423 e. The van der Waals surface area contributed by atoms with Crippen LogP contribution in [0.5, 0.6) is 0 Å². The van der Waals surface area contributed by atoms with Crippen LogP contribution < -0.4 is 5.46 Å². The number of hydrogen-bond acceptors (Lipinski definition) is 3. The van der Waals surface area contributed by atoms with Gasteiger partial charge in [-0.2, -0.15) is 0 Å². The van der Waals surface area contributed by atoms with E-state index in [-0.39, 0.29) is 0 Å². The number of aromatic nitrogens is 1. The summed E-state index contributed by atoms with van der Waals surface area (Å²) in [5.74, 6) is 0. The summed E-state index contributed by atoms with van der Waals surface area (Å²) in [6, 6.07) is 5.70. The van der Waals surface area contributed by atoms with Gasteiger partial charge in [0.1, 0.15) is 0 Å². The van der Waals surface area contributed by atoms with E-state index in [9.17, 15) is 0 Å². The molecule has 1 aromatic carbocycles. The Morgan fingerprint density at radius 1 is 1.20 bits per heavy atom. The number of pyridine rings is 1. The lowest BCUT2D eigenvalue weighted by Crippen LogP contribution is -2.30. The first kappa shape index (κ1) is 10.1. The van der Waals surface area contributed by atoms with Gasteiger partial charge >= 0.3 is 7.12 Å². The predicted molar refractivity (Wildman–Crippen MR) is 61.0 cm³/mol. The molecule has 0 aliphatic carbocycles. The van der Waals surface area contributed by atoms with E-state index in [0.717, 1.165) is 16.5 Å². The summed E-state index contributed by atoms with van der Waals surface area (Å²) in [4.78, 5) is 4.24. The van der Waals surface area contributed by atoms with Crippen LogP contribution in [0.4, 0.5) is 0 Å². The Morgan fingerprint density at radius 2 is 1.93 bits per heavy atom. The lowest BCUT2D eigenvalue weighted by molar-refractivity contribution is 0.425. The first-order chi connectivity index (χ1) is 7.09. The second-order valence-corrected chi connectivity index (χ2v) is 3.72. The maximum atomic E-state index is 9.02. The van der Waals surface area contributed by atoms with Crippen LogP contribution in [-0.2, 0) is 0 Å². The molecule has 2 aromatic rings. The van der Waals surface area contributed by atoms with Crippen LogP contribution in [0.1, 0.15) is 11.1 Å². The molecule has 15 heavy (non-hydrogen) atoms. The molecular weight excluding hydrogens is 189 g/mol. The molecule has 3 nitrogen and oxygen atoms in total. The van der Waals surface area contributed by atoms with Crippen molar-refractivity contribution in [3.05, 3.63) is 35.5 Å². The summed E-state index contributed by atoms with van der Waals surface area (Å²) in [5, 5.41) is 19.0. The van der Waals surface area contributed by atoms with Crippen LogP contribution >= 0.6 is 0 Å². The van der Waals surface area contributed by atoms with Gasteiger partial charge in [0.2, 0.25) is 0 Å². The summed E-state index contributed by atoms with van der Waals surface area (Å²) >= 11 is 0. The van der Waals surface area contributed by atoms with Crippen LogP contribution in [0.2, 0.25) is 0 Å². The Morgan fingerprint density at radius 3 is 2.60 bits per heavy atom. The van der Waals surface area contributed by atoms with Crippen molar-refractivity contribution in [2.24, 2.45) is 0 Å². The molecule has 4 heteroatoms. The van der Waals surface area contributed by atoms with Gasteiger partial charge < -0.3 is 10.0 Å². The zero-order valence-corrected chi connectivity index (χ0v) is 8.73. The summed E-state index contributed by atoms with van der Waals surface area (Å²) in [7, 11) is -1.46. The maximum Gasteiger partial charge on any atom is 0.490 e. The highest BCUT2D eigenvalue weighted by molar-refractivity contribution is 6.58. The lowest BCUT2D eigenvalue weighted by Gasteiger charge is -2.06. The zero-order valence-electron chi connectivity index (χ0n) is 8.73. The summed E-state index contributed by atoms with van der Waals surface area (Å²) < 4.78 is 0. The monoisotopic (exact) mass is 201 g/mol. The summed E-state index contributed by atoms with van der Waals surface area (Å²) in [5.41, 5.74) is 3.66. The van der Waals surface area contributed by atoms with Crippen molar-refractivity contribution in [1.82, 2.24) is 4.98 Å². The van der Waals surface area contributed by atoms with Crippen LogP contribution in [0.25, 0.3) is 10.9 Å². The van der Waals surface area contributed by atoms with E-state index in [1.54, 1.807) is 6.07 Å². The average molecular weight is 201 g/mol. The third-order valence-electron chi connectivity index (χ3n) is 2.70. The van der Waals surface area contributed by atoms with Gasteiger partial charge in [-0.25, -0.2) is 0 Å². The van der Waals surface area contributed by atoms with Crippen LogP contribution in [-0.4, -0.2) is 22.2 Å². The van der Waals surface area contributed by atoms with Gasteiger partial charge in [0.05, 0.1) is 5.52 Å². The molecular formula is C11H12BNO2.